The van der Waals surface area contributed by atoms with Crippen LogP contribution >= 0.6 is 11.6 Å². The van der Waals surface area contributed by atoms with Crippen molar-refractivity contribution in [1.82, 2.24) is 9.80 Å². The summed E-state index contributed by atoms with van der Waals surface area (Å²) in [6.07, 6.45) is 0.627. The molecule has 1 atom stereocenters. The largest absolute Gasteiger partial charge is 0.481 e. The second-order valence-corrected chi connectivity index (χ2v) is 7.36. The van der Waals surface area contributed by atoms with E-state index in [0.29, 0.717) is 56.6 Å². The van der Waals surface area contributed by atoms with Crippen molar-refractivity contribution in [2.75, 3.05) is 32.1 Å². The molecule has 0 bridgehead atoms. The van der Waals surface area contributed by atoms with E-state index < -0.39 is 6.10 Å². The van der Waals surface area contributed by atoms with E-state index in [-0.39, 0.29) is 11.8 Å². The van der Waals surface area contributed by atoms with Crippen LogP contribution < -0.4 is 4.74 Å². The van der Waals surface area contributed by atoms with Crippen molar-refractivity contribution >= 4 is 23.4 Å². The number of carbonyl (C=O) groups excluding carboxylic acids is 2. The quantitative estimate of drug-likeness (QED) is 0.682. The third kappa shape index (κ3) is 5.63. The lowest BCUT2D eigenvalue weighted by molar-refractivity contribution is -0.143. The number of rotatable bonds is 7. The molecular weight excluding hydrogens is 352 g/mol. The zero-order valence-corrected chi connectivity index (χ0v) is 16.7. The van der Waals surface area contributed by atoms with Crippen LogP contribution in [0.5, 0.6) is 5.75 Å². The normalized spacial score (nSPS) is 15.9. The molecule has 0 saturated carbocycles. The summed E-state index contributed by atoms with van der Waals surface area (Å²) in [5.74, 6) is 1.74. The van der Waals surface area contributed by atoms with E-state index in [2.05, 4.69) is 13.8 Å². The molecule has 144 valence electrons. The highest BCUT2D eigenvalue weighted by Gasteiger charge is 2.27. The van der Waals surface area contributed by atoms with E-state index in [4.69, 9.17) is 16.3 Å². The molecule has 0 spiro atoms. The number of hydrogen-bond donors (Lipinski definition) is 0. The Morgan fingerprint density at radius 3 is 2.15 bits per heavy atom. The van der Waals surface area contributed by atoms with Gasteiger partial charge < -0.3 is 14.5 Å². The smallest absolute Gasteiger partial charge is 0.263 e. The summed E-state index contributed by atoms with van der Waals surface area (Å²) in [5, 5.41) is 0. The highest BCUT2D eigenvalue weighted by atomic mass is 35.5. The topological polar surface area (TPSA) is 49.9 Å². The van der Waals surface area contributed by atoms with Gasteiger partial charge in [-0.3, -0.25) is 9.59 Å². The highest BCUT2D eigenvalue weighted by molar-refractivity contribution is 6.17. The van der Waals surface area contributed by atoms with E-state index >= 15 is 0 Å². The van der Waals surface area contributed by atoms with Crippen LogP contribution in [-0.2, 0) is 9.59 Å². The summed E-state index contributed by atoms with van der Waals surface area (Å²) >= 11 is 5.64. The third-order valence-electron chi connectivity index (χ3n) is 4.68. The number of carbonyl (C=O) groups is 2. The molecule has 1 unspecified atom stereocenters. The van der Waals surface area contributed by atoms with Crippen molar-refractivity contribution in [2.45, 2.75) is 45.6 Å². The molecule has 1 aromatic rings. The van der Waals surface area contributed by atoms with Crippen molar-refractivity contribution in [3.05, 3.63) is 29.8 Å². The molecule has 1 aliphatic rings. The van der Waals surface area contributed by atoms with Crippen LogP contribution in [0.2, 0.25) is 0 Å². The van der Waals surface area contributed by atoms with Gasteiger partial charge in [-0.25, -0.2) is 0 Å². The summed E-state index contributed by atoms with van der Waals surface area (Å²) in [5.41, 5.74) is 1.24. The molecule has 0 aliphatic carbocycles. The molecule has 1 heterocycles. The molecule has 2 rings (SSSR count). The second-order valence-electron chi connectivity index (χ2n) is 6.98. The first-order valence-electron chi connectivity index (χ1n) is 9.31. The van der Waals surface area contributed by atoms with Crippen LogP contribution in [-0.4, -0.2) is 59.8 Å². The van der Waals surface area contributed by atoms with Gasteiger partial charge in [0.25, 0.3) is 5.91 Å². The van der Waals surface area contributed by atoms with Gasteiger partial charge in [0.05, 0.1) is 0 Å². The average Bonchev–Trinajstić information content (AvgIpc) is 2.66. The first kappa shape index (κ1) is 20.6. The van der Waals surface area contributed by atoms with E-state index in [1.54, 1.807) is 11.8 Å². The second kappa shape index (κ2) is 9.81. The fraction of sp³-hybridized carbons (Fsp3) is 0.600. The first-order chi connectivity index (χ1) is 12.4. The van der Waals surface area contributed by atoms with Gasteiger partial charge >= 0.3 is 0 Å². The Kier molecular flexibility index (Phi) is 7.76. The number of alkyl halides is 1. The van der Waals surface area contributed by atoms with Crippen LogP contribution in [0.25, 0.3) is 0 Å². The predicted octanol–water partition coefficient (Wildman–Crippen LogP) is 3.27. The van der Waals surface area contributed by atoms with Crippen molar-refractivity contribution in [3.8, 4) is 5.75 Å². The SMILES string of the molecule is CC(Oc1ccc(C(C)C)cc1)C(=O)N1CCN(C(=O)CCCCl)CC1. The maximum Gasteiger partial charge on any atom is 0.263 e. The number of ether oxygens (including phenoxy) is 1. The van der Waals surface area contributed by atoms with Gasteiger partial charge in [-0.05, 0) is 37.0 Å². The van der Waals surface area contributed by atoms with Crippen molar-refractivity contribution in [2.24, 2.45) is 0 Å². The Bertz CT molecular complexity index is 596. The van der Waals surface area contributed by atoms with Crippen LogP contribution in [0.3, 0.4) is 0 Å². The number of nitrogens with zero attached hydrogens (tertiary/aromatic N) is 2. The predicted molar refractivity (Wildman–Crippen MR) is 104 cm³/mol. The molecule has 1 aromatic carbocycles. The molecule has 1 fully saturated rings. The number of amides is 2. The minimum absolute atomic E-state index is 0.0363. The molecule has 0 aromatic heterocycles. The first-order valence-corrected chi connectivity index (χ1v) is 9.85. The van der Waals surface area contributed by atoms with E-state index in [1.165, 1.54) is 5.56 Å². The number of hydrogen-bond acceptors (Lipinski definition) is 3. The Morgan fingerprint density at radius 2 is 1.62 bits per heavy atom. The van der Waals surface area contributed by atoms with E-state index in [0.717, 1.165) is 0 Å². The molecule has 6 heteroatoms. The zero-order valence-electron chi connectivity index (χ0n) is 15.9. The Balaban J connectivity index is 1.82. The van der Waals surface area contributed by atoms with Crippen molar-refractivity contribution in [3.63, 3.8) is 0 Å². The molecule has 1 saturated heterocycles. The lowest BCUT2D eigenvalue weighted by atomic mass is 10.0. The molecule has 2 amide bonds. The van der Waals surface area contributed by atoms with E-state index in [9.17, 15) is 9.59 Å². The lowest BCUT2D eigenvalue weighted by Crippen LogP contribution is -2.53. The molecule has 26 heavy (non-hydrogen) atoms. The fourth-order valence-electron chi connectivity index (χ4n) is 3.00. The van der Waals surface area contributed by atoms with Gasteiger partial charge in [0.15, 0.2) is 6.10 Å². The average molecular weight is 381 g/mol. The molecule has 1 aliphatic heterocycles. The van der Waals surface area contributed by atoms with Crippen LogP contribution in [0.1, 0.15) is 45.1 Å². The lowest BCUT2D eigenvalue weighted by Gasteiger charge is -2.36. The van der Waals surface area contributed by atoms with Gasteiger partial charge in [0.1, 0.15) is 5.75 Å². The van der Waals surface area contributed by atoms with Gasteiger partial charge in [-0.1, -0.05) is 26.0 Å². The fourth-order valence-corrected chi connectivity index (χ4v) is 3.13. The minimum Gasteiger partial charge on any atom is -0.481 e. The van der Waals surface area contributed by atoms with Gasteiger partial charge in [0.2, 0.25) is 5.91 Å². The van der Waals surface area contributed by atoms with Crippen LogP contribution in [0.15, 0.2) is 24.3 Å². The standard InChI is InChI=1S/C20H29ClN2O3/c1-15(2)17-6-8-18(9-7-17)26-16(3)20(25)23-13-11-22(12-14-23)19(24)5-4-10-21/h6-9,15-16H,4-5,10-14H2,1-3H3. The Labute approximate surface area is 161 Å². The molecule has 0 radical (unpaired) electrons. The maximum atomic E-state index is 12.6. The van der Waals surface area contributed by atoms with Crippen LogP contribution in [0.4, 0.5) is 0 Å². The number of piperazine rings is 1. The van der Waals surface area contributed by atoms with Crippen molar-refractivity contribution in [1.29, 1.82) is 0 Å². The molecule has 5 nitrogen and oxygen atoms in total. The summed E-state index contributed by atoms with van der Waals surface area (Å²) in [4.78, 5) is 28.2. The number of halogens is 1. The van der Waals surface area contributed by atoms with Gasteiger partial charge in [0, 0.05) is 38.5 Å². The third-order valence-corrected chi connectivity index (χ3v) is 4.94. The minimum atomic E-state index is -0.543. The zero-order chi connectivity index (χ0) is 19.1. The monoisotopic (exact) mass is 380 g/mol. The highest BCUT2D eigenvalue weighted by Crippen LogP contribution is 2.20. The summed E-state index contributed by atoms with van der Waals surface area (Å²) in [7, 11) is 0. The van der Waals surface area contributed by atoms with Gasteiger partial charge in [-0.2, -0.15) is 0 Å². The Hall–Kier alpha value is -1.75. The molecule has 0 N–H and O–H groups in total. The van der Waals surface area contributed by atoms with Gasteiger partial charge in [-0.15, -0.1) is 11.6 Å². The summed E-state index contributed by atoms with van der Waals surface area (Å²) < 4.78 is 5.81. The maximum absolute atomic E-state index is 12.6. The number of benzene rings is 1. The summed E-state index contributed by atoms with van der Waals surface area (Å²) in [6.45, 7) is 8.29. The molecular formula is C20H29ClN2O3. The summed E-state index contributed by atoms with van der Waals surface area (Å²) in [6, 6.07) is 7.88. The Morgan fingerprint density at radius 1 is 1.04 bits per heavy atom. The van der Waals surface area contributed by atoms with Crippen LogP contribution in [0, 0.1) is 0 Å². The van der Waals surface area contributed by atoms with E-state index in [1.807, 2.05) is 29.2 Å². The van der Waals surface area contributed by atoms with Crippen molar-refractivity contribution < 1.29 is 14.3 Å².